The summed E-state index contributed by atoms with van der Waals surface area (Å²) in [5.41, 5.74) is -3.06. The molecule has 1 fully saturated rings. The maximum Gasteiger partial charge on any atom is 0.331 e. The van der Waals surface area contributed by atoms with Crippen molar-refractivity contribution in [2.75, 3.05) is 0 Å². The van der Waals surface area contributed by atoms with Crippen LogP contribution in [0, 0.1) is 0 Å². The molecule has 4 heterocycles. The number of alkyl halides is 2. The molecular weight excluding hydrogens is 516 g/mol. The molecule has 39 heavy (non-hydrogen) atoms. The molecule has 5 rings (SSSR count). The SMILES string of the molecule is O=c1c2[nH]c(=O)n(C3CCC3)c(=O)c2n(CCCC(F)F)c(=O)n1CCCCc1noc(-c2ccccn2)n1. The van der Waals surface area contributed by atoms with Gasteiger partial charge in [0.1, 0.15) is 16.7 Å². The van der Waals surface area contributed by atoms with E-state index in [1.54, 1.807) is 24.4 Å². The monoisotopic (exact) mass is 543 g/mol. The summed E-state index contributed by atoms with van der Waals surface area (Å²) < 4.78 is 33.9. The number of H-pyrrole nitrogens is 1. The van der Waals surface area contributed by atoms with E-state index < -0.39 is 35.3 Å². The normalized spacial score (nSPS) is 13.8. The summed E-state index contributed by atoms with van der Waals surface area (Å²) in [6, 6.07) is 4.98. The summed E-state index contributed by atoms with van der Waals surface area (Å²) in [6.45, 7) is -0.202. The van der Waals surface area contributed by atoms with Crippen LogP contribution < -0.4 is 22.5 Å². The third-order valence-electron chi connectivity index (χ3n) is 6.93. The number of nitrogens with one attached hydrogen (secondary N) is 1. The zero-order valence-corrected chi connectivity index (χ0v) is 21.0. The van der Waals surface area contributed by atoms with E-state index in [1.807, 2.05) is 0 Å². The van der Waals surface area contributed by atoms with Gasteiger partial charge < -0.3 is 9.51 Å². The molecule has 0 saturated heterocycles. The highest BCUT2D eigenvalue weighted by molar-refractivity contribution is 5.72. The Bertz CT molecular complexity index is 1700. The van der Waals surface area contributed by atoms with E-state index in [4.69, 9.17) is 4.52 Å². The quantitative estimate of drug-likeness (QED) is 0.283. The molecule has 0 atom stereocenters. The fraction of sp³-hybridized carbons (Fsp3) is 0.480. The summed E-state index contributed by atoms with van der Waals surface area (Å²) in [4.78, 5) is 63.6. The van der Waals surface area contributed by atoms with Crippen molar-refractivity contribution < 1.29 is 13.3 Å². The zero-order chi connectivity index (χ0) is 27.5. The first-order valence-corrected chi connectivity index (χ1v) is 12.9. The Hall–Kier alpha value is -4.23. The van der Waals surface area contributed by atoms with Gasteiger partial charge in [-0.1, -0.05) is 11.2 Å². The number of aromatic nitrogens is 7. The minimum absolute atomic E-state index is 0.0128. The van der Waals surface area contributed by atoms with Crippen LogP contribution in [0.3, 0.4) is 0 Å². The van der Waals surface area contributed by atoms with Crippen LogP contribution in [0.15, 0.2) is 48.1 Å². The zero-order valence-electron chi connectivity index (χ0n) is 21.0. The fourth-order valence-corrected chi connectivity index (χ4v) is 4.69. The molecule has 1 saturated carbocycles. The van der Waals surface area contributed by atoms with Crippen molar-refractivity contribution in [1.29, 1.82) is 0 Å². The number of rotatable bonds is 11. The van der Waals surface area contributed by atoms with Gasteiger partial charge in [0.25, 0.3) is 17.0 Å². The van der Waals surface area contributed by atoms with Crippen LogP contribution in [0.1, 0.15) is 56.8 Å². The van der Waals surface area contributed by atoms with Gasteiger partial charge in [0.2, 0.25) is 6.43 Å². The Morgan fingerprint density at radius 2 is 1.82 bits per heavy atom. The maximum atomic E-state index is 13.4. The molecule has 1 aliphatic rings. The summed E-state index contributed by atoms with van der Waals surface area (Å²) in [6.07, 6.45) is 1.86. The Kier molecular flexibility index (Phi) is 7.61. The molecule has 0 unspecified atom stereocenters. The Balaban J connectivity index is 1.41. The number of halogens is 2. The number of fused-ring (bicyclic) bond motifs is 1. The first kappa shape index (κ1) is 26.4. The molecule has 0 aliphatic heterocycles. The number of hydrogen-bond acceptors (Lipinski definition) is 8. The van der Waals surface area contributed by atoms with Crippen LogP contribution >= 0.6 is 0 Å². The minimum Gasteiger partial charge on any atom is -0.332 e. The highest BCUT2D eigenvalue weighted by Gasteiger charge is 2.26. The number of aromatic amines is 1. The lowest BCUT2D eigenvalue weighted by Crippen LogP contribution is -2.47. The van der Waals surface area contributed by atoms with Crippen molar-refractivity contribution in [3.05, 3.63) is 71.9 Å². The van der Waals surface area contributed by atoms with E-state index in [9.17, 15) is 28.0 Å². The molecule has 1 aliphatic carbocycles. The smallest absolute Gasteiger partial charge is 0.331 e. The second-order valence-corrected chi connectivity index (χ2v) is 9.53. The van der Waals surface area contributed by atoms with Crippen molar-refractivity contribution in [3.63, 3.8) is 0 Å². The van der Waals surface area contributed by atoms with E-state index in [2.05, 4.69) is 20.1 Å². The Morgan fingerprint density at radius 3 is 2.51 bits per heavy atom. The standard InChI is InChI=1S/C25H27F2N7O5/c26-17(27)10-6-14-32-20-19(30-24(37)34(23(20)36)15-7-5-8-15)22(35)33(25(32)38)13-4-2-11-18-29-21(39-31-18)16-9-1-3-12-28-16/h1,3,9,12,15,17H,2,4-8,10-11,13-14H2,(H,30,37). The van der Waals surface area contributed by atoms with Gasteiger partial charge >= 0.3 is 11.4 Å². The van der Waals surface area contributed by atoms with Crippen LogP contribution in [-0.4, -0.2) is 40.2 Å². The molecular formula is C25H27F2N7O5. The largest absolute Gasteiger partial charge is 0.332 e. The first-order chi connectivity index (χ1) is 18.8. The van der Waals surface area contributed by atoms with Crippen LogP contribution in [0.5, 0.6) is 0 Å². The third kappa shape index (κ3) is 5.36. The molecule has 0 amide bonds. The van der Waals surface area contributed by atoms with Crippen molar-refractivity contribution >= 4 is 11.0 Å². The van der Waals surface area contributed by atoms with Crippen molar-refractivity contribution in [2.45, 2.75) is 76.9 Å². The van der Waals surface area contributed by atoms with Crippen molar-refractivity contribution in [2.24, 2.45) is 0 Å². The lowest BCUT2D eigenvalue weighted by molar-refractivity contribution is 0.133. The number of pyridine rings is 1. The van der Waals surface area contributed by atoms with E-state index in [-0.39, 0.29) is 42.5 Å². The van der Waals surface area contributed by atoms with Gasteiger partial charge in [-0.3, -0.25) is 28.3 Å². The summed E-state index contributed by atoms with van der Waals surface area (Å²) in [5.74, 6) is 0.714. The van der Waals surface area contributed by atoms with Crippen molar-refractivity contribution in [3.8, 4) is 11.6 Å². The molecule has 1 N–H and O–H groups in total. The molecule has 14 heteroatoms. The molecule has 0 bridgehead atoms. The van der Waals surface area contributed by atoms with Crippen LogP contribution in [0.2, 0.25) is 0 Å². The van der Waals surface area contributed by atoms with Gasteiger partial charge in [-0.25, -0.2) is 18.4 Å². The number of nitrogens with zero attached hydrogens (tertiary/aromatic N) is 6. The molecule has 0 aromatic carbocycles. The first-order valence-electron chi connectivity index (χ1n) is 12.9. The number of aryl methyl sites for hydroxylation is 2. The van der Waals surface area contributed by atoms with E-state index >= 15 is 0 Å². The van der Waals surface area contributed by atoms with Crippen LogP contribution in [-0.2, 0) is 19.5 Å². The average molecular weight is 544 g/mol. The van der Waals surface area contributed by atoms with Gasteiger partial charge in [-0.2, -0.15) is 4.98 Å². The maximum absolute atomic E-state index is 13.4. The van der Waals surface area contributed by atoms with Gasteiger partial charge in [0.05, 0.1) is 0 Å². The molecule has 4 aromatic heterocycles. The summed E-state index contributed by atoms with van der Waals surface area (Å²) >= 11 is 0. The fourth-order valence-electron chi connectivity index (χ4n) is 4.69. The Morgan fingerprint density at radius 1 is 1.03 bits per heavy atom. The van der Waals surface area contributed by atoms with Crippen LogP contribution in [0.25, 0.3) is 22.6 Å². The summed E-state index contributed by atoms with van der Waals surface area (Å²) in [5, 5.41) is 3.93. The van der Waals surface area contributed by atoms with Gasteiger partial charge in [-0.15, -0.1) is 0 Å². The molecule has 4 aromatic rings. The van der Waals surface area contributed by atoms with Crippen molar-refractivity contribution in [1.82, 2.24) is 33.8 Å². The predicted octanol–water partition coefficient (Wildman–Crippen LogP) is 2.25. The lowest BCUT2D eigenvalue weighted by Gasteiger charge is -2.27. The van der Waals surface area contributed by atoms with Gasteiger partial charge in [-0.05, 0) is 50.7 Å². The highest BCUT2D eigenvalue weighted by atomic mass is 19.3. The van der Waals surface area contributed by atoms with Gasteiger partial charge in [0.15, 0.2) is 5.82 Å². The number of hydrogen-bond donors (Lipinski definition) is 1. The topological polar surface area (TPSA) is 151 Å². The van der Waals surface area contributed by atoms with Gasteiger partial charge in [0, 0.05) is 38.2 Å². The summed E-state index contributed by atoms with van der Waals surface area (Å²) in [7, 11) is 0. The highest BCUT2D eigenvalue weighted by Crippen LogP contribution is 2.29. The predicted molar refractivity (Wildman–Crippen MR) is 136 cm³/mol. The van der Waals surface area contributed by atoms with Crippen LogP contribution in [0.4, 0.5) is 8.78 Å². The third-order valence-corrected chi connectivity index (χ3v) is 6.93. The Labute approximate surface area is 218 Å². The average Bonchev–Trinajstić information content (AvgIpc) is 3.36. The molecule has 206 valence electrons. The minimum atomic E-state index is -2.58. The molecule has 0 spiro atoms. The second kappa shape index (κ2) is 11.3. The van der Waals surface area contributed by atoms with E-state index in [0.29, 0.717) is 43.6 Å². The van der Waals surface area contributed by atoms with E-state index in [0.717, 1.165) is 20.1 Å². The van der Waals surface area contributed by atoms with E-state index in [1.165, 1.54) is 0 Å². The number of unbranched alkanes of at least 4 members (excludes halogenated alkanes) is 1. The lowest BCUT2D eigenvalue weighted by atomic mass is 9.93. The molecule has 0 radical (unpaired) electrons. The second-order valence-electron chi connectivity index (χ2n) is 9.53. The molecule has 12 nitrogen and oxygen atoms in total.